The van der Waals surface area contributed by atoms with Gasteiger partial charge in [0.25, 0.3) is 6.43 Å². The number of amides is 1. The fourth-order valence-electron chi connectivity index (χ4n) is 2.81. The van der Waals surface area contributed by atoms with E-state index in [2.05, 4.69) is 10.2 Å². The molecule has 6 nitrogen and oxygen atoms in total. The van der Waals surface area contributed by atoms with E-state index in [1.54, 1.807) is 0 Å². The van der Waals surface area contributed by atoms with E-state index >= 15 is 0 Å². The Bertz CT molecular complexity index is 899. The summed E-state index contributed by atoms with van der Waals surface area (Å²) in [6.07, 6.45) is -3.95. The number of rotatable bonds is 5. The number of Topliss-reactive ketones (excluding diaryl/α,β-unsaturated/α-hetero) is 1. The molecular formula is C16H13F5N4O2. The molecule has 0 N–H and O–H groups in total. The van der Waals surface area contributed by atoms with Crippen LogP contribution in [-0.2, 0) is 29.1 Å². The molecule has 144 valence electrons. The van der Waals surface area contributed by atoms with Gasteiger partial charge in [-0.1, -0.05) is 0 Å². The molecule has 1 aliphatic heterocycles. The zero-order valence-electron chi connectivity index (χ0n) is 13.8. The lowest BCUT2D eigenvalue weighted by molar-refractivity contribution is -0.136. The molecule has 0 radical (unpaired) electrons. The Morgan fingerprint density at radius 1 is 1.04 bits per heavy atom. The lowest BCUT2D eigenvalue weighted by Gasteiger charge is -2.27. The highest BCUT2D eigenvalue weighted by atomic mass is 19.3. The van der Waals surface area contributed by atoms with Crippen LogP contribution in [0.1, 0.15) is 30.1 Å². The summed E-state index contributed by atoms with van der Waals surface area (Å²) in [5.74, 6) is -5.36. The first-order chi connectivity index (χ1) is 12.8. The maximum Gasteiger partial charge on any atom is 0.297 e. The van der Waals surface area contributed by atoms with Crippen molar-refractivity contribution in [1.82, 2.24) is 19.7 Å². The summed E-state index contributed by atoms with van der Waals surface area (Å²) < 4.78 is 66.4. The van der Waals surface area contributed by atoms with Crippen molar-refractivity contribution in [1.29, 1.82) is 0 Å². The number of fused-ring (bicyclic) bond motifs is 1. The number of carbonyl (C=O) groups is 2. The molecule has 27 heavy (non-hydrogen) atoms. The van der Waals surface area contributed by atoms with Crippen LogP contribution in [0, 0.1) is 17.5 Å². The van der Waals surface area contributed by atoms with Crippen LogP contribution in [0.15, 0.2) is 12.1 Å². The molecular weight excluding hydrogens is 375 g/mol. The first kappa shape index (κ1) is 18.9. The molecule has 1 aromatic heterocycles. The number of hydrogen-bond donors (Lipinski definition) is 0. The molecule has 2 heterocycles. The minimum atomic E-state index is -2.79. The van der Waals surface area contributed by atoms with Crippen molar-refractivity contribution in [3.05, 3.63) is 46.8 Å². The van der Waals surface area contributed by atoms with Crippen molar-refractivity contribution in [3.63, 3.8) is 0 Å². The van der Waals surface area contributed by atoms with Crippen molar-refractivity contribution >= 4 is 11.7 Å². The van der Waals surface area contributed by atoms with Gasteiger partial charge in [0.1, 0.15) is 11.6 Å². The molecule has 0 saturated carbocycles. The Hall–Kier alpha value is -2.85. The predicted octanol–water partition coefficient (Wildman–Crippen LogP) is 2.18. The Labute approximate surface area is 149 Å². The van der Waals surface area contributed by atoms with Gasteiger partial charge in [-0.05, 0) is 11.6 Å². The molecule has 0 bridgehead atoms. The Morgan fingerprint density at radius 3 is 2.44 bits per heavy atom. The van der Waals surface area contributed by atoms with E-state index in [0.29, 0.717) is 12.1 Å². The second-order valence-electron chi connectivity index (χ2n) is 5.99. The van der Waals surface area contributed by atoms with E-state index in [1.165, 1.54) is 9.47 Å². The summed E-state index contributed by atoms with van der Waals surface area (Å²) in [7, 11) is 0. The van der Waals surface area contributed by atoms with Crippen LogP contribution in [-0.4, -0.2) is 37.9 Å². The number of ketones is 1. The molecule has 3 rings (SSSR count). The van der Waals surface area contributed by atoms with Gasteiger partial charge in [0.05, 0.1) is 13.0 Å². The summed E-state index contributed by atoms with van der Waals surface area (Å²) in [6.45, 7) is 0.0432. The SMILES string of the molecule is O=C(CC(=O)N1CCn2c(nnc2C(F)F)C1)Cc1cc(F)c(F)cc1F. The summed E-state index contributed by atoms with van der Waals surface area (Å²) in [4.78, 5) is 25.5. The van der Waals surface area contributed by atoms with Crippen molar-refractivity contribution in [2.45, 2.75) is 32.4 Å². The normalized spacial score (nSPS) is 13.8. The largest absolute Gasteiger partial charge is 0.333 e. The molecule has 1 aromatic carbocycles. The minimum absolute atomic E-state index is 0.0553. The average molecular weight is 388 g/mol. The van der Waals surface area contributed by atoms with Crippen molar-refractivity contribution in [2.24, 2.45) is 0 Å². The van der Waals surface area contributed by atoms with Gasteiger partial charge in [-0.3, -0.25) is 9.59 Å². The minimum Gasteiger partial charge on any atom is -0.333 e. The lowest BCUT2D eigenvalue weighted by Crippen LogP contribution is -2.39. The molecule has 2 aromatic rings. The van der Waals surface area contributed by atoms with Gasteiger partial charge in [-0.25, -0.2) is 22.0 Å². The van der Waals surface area contributed by atoms with E-state index in [4.69, 9.17) is 0 Å². The number of alkyl halides is 2. The third-order valence-electron chi connectivity index (χ3n) is 4.16. The Morgan fingerprint density at radius 2 is 1.74 bits per heavy atom. The number of hydrogen-bond acceptors (Lipinski definition) is 4. The monoisotopic (exact) mass is 388 g/mol. The maximum atomic E-state index is 13.6. The molecule has 0 spiro atoms. The molecule has 0 atom stereocenters. The van der Waals surface area contributed by atoms with Crippen LogP contribution in [0.2, 0.25) is 0 Å². The first-order valence-corrected chi connectivity index (χ1v) is 7.89. The van der Waals surface area contributed by atoms with E-state index in [-0.39, 0.29) is 31.0 Å². The van der Waals surface area contributed by atoms with Crippen LogP contribution in [0.4, 0.5) is 22.0 Å². The molecule has 0 aliphatic carbocycles. The summed E-state index contributed by atoms with van der Waals surface area (Å²) >= 11 is 0. The number of benzene rings is 1. The third-order valence-corrected chi connectivity index (χ3v) is 4.16. The van der Waals surface area contributed by atoms with E-state index in [0.717, 1.165) is 0 Å². The van der Waals surface area contributed by atoms with Gasteiger partial charge in [0.15, 0.2) is 23.3 Å². The third kappa shape index (κ3) is 3.96. The zero-order valence-corrected chi connectivity index (χ0v) is 13.8. The van der Waals surface area contributed by atoms with Gasteiger partial charge in [-0.2, -0.15) is 0 Å². The van der Waals surface area contributed by atoms with Gasteiger partial charge >= 0.3 is 0 Å². The molecule has 11 heteroatoms. The fraction of sp³-hybridized carbons (Fsp3) is 0.375. The predicted molar refractivity (Wildman–Crippen MR) is 80.0 cm³/mol. The van der Waals surface area contributed by atoms with Crippen molar-refractivity contribution in [3.8, 4) is 0 Å². The standard InChI is InChI=1S/C16H13F5N4O2/c17-10-6-12(19)11(18)4-8(10)3-9(26)5-14(27)24-1-2-25-13(7-24)22-23-16(25)15(20)21/h4,6,15H,1-3,5,7H2. The number of halogens is 5. The van der Waals surface area contributed by atoms with E-state index in [1.807, 2.05) is 0 Å². The highest BCUT2D eigenvalue weighted by Gasteiger charge is 2.28. The summed E-state index contributed by atoms with van der Waals surface area (Å²) in [5.41, 5.74) is -0.355. The second kappa shape index (κ2) is 7.41. The highest BCUT2D eigenvalue weighted by Crippen LogP contribution is 2.21. The zero-order chi connectivity index (χ0) is 19.7. The molecule has 1 amide bonds. The van der Waals surface area contributed by atoms with E-state index < -0.39 is 54.2 Å². The second-order valence-corrected chi connectivity index (χ2v) is 5.99. The molecule has 0 fully saturated rings. The topological polar surface area (TPSA) is 68.1 Å². The maximum absolute atomic E-state index is 13.6. The lowest BCUT2D eigenvalue weighted by atomic mass is 10.1. The smallest absolute Gasteiger partial charge is 0.297 e. The molecule has 0 unspecified atom stereocenters. The van der Waals surface area contributed by atoms with Gasteiger partial charge in [0.2, 0.25) is 5.91 Å². The van der Waals surface area contributed by atoms with Crippen LogP contribution >= 0.6 is 0 Å². The van der Waals surface area contributed by atoms with Crippen LogP contribution < -0.4 is 0 Å². The van der Waals surface area contributed by atoms with Gasteiger partial charge < -0.3 is 9.47 Å². The molecule has 1 aliphatic rings. The van der Waals surface area contributed by atoms with Crippen LogP contribution in [0.3, 0.4) is 0 Å². The average Bonchev–Trinajstić information content (AvgIpc) is 3.03. The van der Waals surface area contributed by atoms with Gasteiger partial charge in [0, 0.05) is 25.6 Å². The highest BCUT2D eigenvalue weighted by molar-refractivity contribution is 5.98. The summed E-state index contributed by atoms with van der Waals surface area (Å²) in [6, 6.07) is 0.903. The Balaban J connectivity index is 1.62. The molecule has 0 saturated heterocycles. The van der Waals surface area contributed by atoms with Crippen molar-refractivity contribution < 1.29 is 31.5 Å². The van der Waals surface area contributed by atoms with Crippen LogP contribution in [0.25, 0.3) is 0 Å². The van der Waals surface area contributed by atoms with Crippen LogP contribution in [0.5, 0.6) is 0 Å². The quantitative estimate of drug-likeness (QED) is 0.447. The number of carbonyl (C=O) groups excluding carboxylic acids is 2. The number of nitrogens with zero attached hydrogens (tertiary/aromatic N) is 4. The first-order valence-electron chi connectivity index (χ1n) is 7.89. The van der Waals surface area contributed by atoms with Gasteiger partial charge in [-0.15, -0.1) is 10.2 Å². The van der Waals surface area contributed by atoms with Crippen molar-refractivity contribution in [2.75, 3.05) is 6.54 Å². The summed E-state index contributed by atoms with van der Waals surface area (Å²) in [5, 5.41) is 7.00. The Kier molecular flexibility index (Phi) is 5.19. The number of aromatic nitrogens is 3. The fourth-order valence-corrected chi connectivity index (χ4v) is 2.81. The van der Waals surface area contributed by atoms with E-state index in [9.17, 15) is 31.5 Å².